The van der Waals surface area contributed by atoms with Gasteiger partial charge in [0.15, 0.2) is 6.10 Å². The molecule has 2 aromatic rings. The molecule has 5 nitrogen and oxygen atoms in total. The van der Waals surface area contributed by atoms with Crippen LogP contribution >= 0.6 is 0 Å². The number of aromatic amines is 1. The van der Waals surface area contributed by atoms with Crippen molar-refractivity contribution >= 4 is 5.91 Å². The fourth-order valence-electron chi connectivity index (χ4n) is 2.36. The first-order valence-corrected chi connectivity index (χ1v) is 6.28. The smallest absolute Gasteiger partial charge is 0.256 e. The second kappa shape index (κ2) is 4.85. The second-order valence-corrected chi connectivity index (χ2v) is 4.70. The van der Waals surface area contributed by atoms with Crippen LogP contribution in [-0.2, 0) is 17.8 Å². The summed E-state index contributed by atoms with van der Waals surface area (Å²) in [6.45, 7) is 1.12. The van der Waals surface area contributed by atoms with Crippen molar-refractivity contribution in [1.82, 2.24) is 15.1 Å². The standard InChI is InChI=1S/C14H15N3O2/c18-13(10-4-2-1-3-5-10)14(19)17-7-6-12-11(9-17)8-15-16-12/h1-5,8,13,18H,6-7,9H2,(H,15,16). The Labute approximate surface area is 110 Å². The highest BCUT2D eigenvalue weighted by Crippen LogP contribution is 2.21. The van der Waals surface area contributed by atoms with Gasteiger partial charge in [0.1, 0.15) is 0 Å². The van der Waals surface area contributed by atoms with Crippen LogP contribution in [0, 0.1) is 0 Å². The molecule has 5 heteroatoms. The minimum atomic E-state index is -1.09. The molecule has 0 saturated heterocycles. The van der Waals surface area contributed by atoms with Gasteiger partial charge in [0.05, 0.1) is 6.20 Å². The van der Waals surface area contributed by atoms with E-state index >= 15 is 0 Å². The number of rotatable bonds is 2. The van der Waals surface area contributed by atoms with Gasteiger partial charge in [-0.05, 0) is 5.56 Å². The number of nitrogens with one attached hydrogen (secondary N) is 1. The van der Waals surface area contributed by atoms with Crippen LogP contribution in [0.4, 0.5) is 0 Å². The Bertz CT molecular complexity index is 579. The third-order valence-corrected chi connectivity index (χ3v) is 3.46. The molecule has 0 bridgehead atoms. The zero-order valence-electron chi connectivity index (χ0n) is 10.4. The summed E-state index contributed by atoms with van der Waals surface area (Å²) in [4.78, 5) is 14.0. The number of carbonyl (C=O) groups is 1. The van der Waals surface area contributed by atoms with E-state index < -0.39 is 6.10 Å². The largest absolute Gasteiger partial charge is 0.378 e. The number of aliphatic hydroxyl groups is 1. The van der Waals surface area contributed by atoms with Gasteiger partial charge in [-0.2, -0.15) is 5.10 Å². The van der Waals surface area contributed by atoms with E-state index in [1.807, 2.05) is 18.2 Å². The first-order chi connectivity index (χ1) is 9.25. The van der Waals surface area contributed by atoms with Crippen molar-refractivity contribution in [1.29, 1.82) is 0 Å². The van der Waals surface area contributed by atoms with E-state index in [1.165, 1.54) is 0 Å². The van der Waals surface area contributed by atoms with E-state index in [1.54, 1.807) is 23.2 Å². The van der Waals surface area contributed by atoms with Crippen molar-refractivity contribution in [2.24, 2.45) is 0 Å². The molecular weight excluding hydrogens is 242 g/mol. The Morgan fingerprint density at radius 2 is 2.16 bits per heavy atom. The van der Waals surface area contributed by atoms with Gasteiger partial charge in [0, 0.05) is 30.8 Å². The number of hydrogen-bond acceptors (Lipinski definition) is 3. The summed E-state index contributed by atoms with van der Waals surface area (Å²) in [6, 6.07) is 9.01. The Hall–Kier alpha value is -2.14. The van der Waals surface area contributed by atoms with E-state index in [-0.39, 0.29) is 5.91 Å². The third kappa shape index (κ3) is 2.24. The molecule has 0 aliphatic carbocycles. The van der Waals surface area contributed by atoms with E-state index in [4.69, 9.17) is 0 Å². The molecule has 0 fully saturated rings. The summed E-state index contributed by atoms with van der Waals surface area (Å²) < 4.78 is 0. The zero-order chi connectivity index (χ0) is 13.2. The lowest BCUT2D eigenvalue weighted by molar-refractivity contribution is -0.141. The summed E-state index contributed by atoms with van der Waals surface area (Å²) >= 11 is 0. The van der Waals surface area contributed by atoms with Crippen LogP contribution in [-0.4, -0.2) is 32.7 Å². The Morgan fingerprint density at radius 3 is 2.95 bits per heavy atom. The van der Waals surface area contributed by atoms with Gasteiger partial charge in [-0.3, -0.25) is 9.89 Å². The number of amides is 1. The second-order valence-electron chi connectivity index (χ2n) is 4.70. The number of hydrogen-bond donors (Lipinski definition) is 2. The maximum absolute atomic E-state index is 12.3. The molecule has 1 amide bonds. The molecule has 98 valence electrons. The first kappa shape index (κ1) is 11.9. The van der Waals surface area contributed by atoms with Crippen molar-refractivity contribution in [3.05, 3.63) is 53.3 Å². The van der Waals surface area contributed by atoms with Gasteiger partial charge in [-0.1, -0.05) is 30.3 Å². The lowest BCUT2D eigenvalue weighted by Gasteiger charge is -2.28. The number of H-pyrrole nitrogens is 1. The Morgan fingerprint density at radius 1 is 1.37 bits per heavy atom. The van der Waals surface area contributed by atoms with E-state index in [2.05, 4.69) is 10.2 Å². The highest BCUT2D eigenvalue weighted by Gasteiger charge is 2.27. The number of benzene rings is 1. The molecular formula is C14H15N3O2. The molecule has 1 aliphatic rings. The van der Waals surface area contributed by atoms with Gasteiger partial charge in [0.2, 0.25) is 0 Å². The van der Waals surface area contributed by atoms with Crippen molar-refractivity contribution in [2.75, 3.05) is 6.54 Å². The minimum Gasteiger partial charge on any atom is -0.378 e. The molecule has 0 saturated carbocycles. The van der Waals surface area contributed by atoms with Crippen LogP contribution in [0.25, 0.3) is 0 Å². The van der Waals surface area contributed by atoms with E-state index in [0.717, 1.165) is 17.7 Å². The van der Waals surface area contributed by atoms with Gasteiger partial charge >= 0.3 is 0 Å². The quantitative estimate of drug-likeness (QED) is 0.844. The maximum atomic E-state index is 12.3. The maximum Gasteiger partial charge on any atom is 0.256 e. The molecule has 1 aromatic heterocycles. The van der Waals surface area contributed by atoms with Gasteiger partial charge < -0.3 is 10.0 Å². The van der Waals surface area contributed by atoms with Crippen LogP contribution in [0.1, 0.15) is 22.9 Å². The van der Waals surface area contributed by atoms with Gasteiger partial charge in [-0.15, -0.1) is 0 Å². The summed E-state index contributed by atoms with van der Waals surface area (Å²) in [5.74, 6) is -0.252. The van der Waals surface area contributed by atoms with Crippen LogP contribution in [0.5, 0.6) is 0 Å². The first-order valence-electron chi connectivity index (χ1n) is 6.28. The number of fused-ring (bicyclic) bond motifs is 1. The van der Waals surface area contributed by atoms with E-state index in [9.17, 15) is 9.90 Å². The normalized spacial score (nSPS) is 15.9. The number of aliphatic hydroxyl groups excluding tert-OH is 1. The monoisotopic (exact) mass is 257 g/mol. The van der Waals surface area contributed by atoms with E-state index in [0.29, 0.717) is 18.7 Å². The predicted molar refractivity (Wildman–Crippen MR) is 69.1 cm³/mol. The van der Waals surface area contributed by atoms with Crippen LogP contribution in [0.15, 0.2) is 36.5 Å². The molecule has 2 heterocycles. The van der Waals surface area contributed by atoms with Crippen molar-refractivity contribution in [2.45, 2.75) is 19.1 Å². The summed E-state index contributed by atoms with van der Waals surface area (Å²) in [6.07, 6.45) is 1.40. The van der Waals surface area contributed by atoms with Gasteiger partial charge in [0.25, 0.3) is 5.91 Å². The average Bonchev–Trinajstić information content (AvgIpc) is 2.94. The van der Waals surface area contributed by atoms with Crippen molar-refractivity contribution < 1.29 is 9.90 Å². The Balaban J connectivity index is 1.75. The highest BCUT2D eigenvalue weighted by molar-refractivity contribution is 5.82. The van der Waals surface area contributed by atoms with Crippen LogP contribution < -0.4 is 0 Å². The highest BCUT2D eigenvalue weighted by atomic mass is 16.3. The van der Waals surface area contributed by atoms with Crippen LogP contribution in [0.3, 0.4) is 0 Å². The fourth-order valence-corrected chi connectivity index (χ4v) is 2.36. The van der Waals surface area contributed by atoms with Crippen molar-refractivity contribution in [3.8, 4) is 0 Å². The van der Waals surface area contributed by atoms with Crippen LogP contribution in [0.2, 0.25) is 0 Å². The summed E-state index contributed by atoms with van der Waals surface area (Å²) in [5, 5.41) is 17.0. The number of nitrogens with zero attached hydrogens (tertiary/aromatic N) is 2. The number of carbonyl (C=O) groups excluding carboxylic acids is 1. The molecule has 1 aliphatic heterocycles. The SMILES string of the molecule is O=C(C(O)c1ccccc1)N1CCc2[nH]ncc2C1. The lowest BCUT2D eigenvalue weighted by Crippen LogP contribution is -2.38. The minimum absolute atomic E-state index is 0.252. The average molecular weight is 257 g/mol. The fraction of sp³-hybridized carbons (Fsp3) is 0.286. The van der Waals surface area contributed by atoms with Crippen molar-refractivity contribution in [3.63, 3.8) is 0 Å². The lowest BCUT2D eigenvalue weighted by atomic mass is 10.0. The summed E-state index contributed by atoms with van der Waals surface area (Å²) in [5.41, 5.74) is 2.74. The molecule has 2 N–H and O–H groups in total. The molecule has 3 rings (SSSR count). The number of aromatic nitrogens is 2. The Kier molecular flexibility index (Phi) is 3.05. The molecule has 19 heavy (non-hydrogen) atoms. The molecule has 1 aromatic carbocycles. The topological polar surface area (TPSA) is 69.2 Å². The predicted octanol–water partition coefficient (Wildman–Crippen LogP) is 1.03. The molecule has 1 atom stereocenters. The molecule has 0 spiro atoms. The third-order valence-electron chi connectivity index (χ3n) is 3.46. The molecule has 0 radical (unpaired) electrons. The molecule has 1 unspecified atom stereocenters. The van der Waals surface area contributed by atoms with Gasteiger partial charge in [-0.25, -0.2) is 0 Å². The summed E-state index contributed by atoms with van der Waals surface area (Å²) in [7, 11) is 0. The zero-order valence-corrected chi connectivity index (χ0v) is 10.4.